The van der Waals surface area contributed by atoms with Crippen molar-refractivity contribution in [1.82, 2.24) is 25.2 Å². The lowest BCUT2D eigenvalue weighted by Gasteiger charge is -2.23. The van der Waals surface area contributed by atoms with E-state index in [-0.39, 0.29) is 29.6 Å². The molecule has 26 heavy (non-hydrogen) atoms. The summed E-state index contributed by atoms with van der Waals surface area (Å²) in [6.07, 6.45) is 0. The lowest BCUT2D eigenvalue weighted by Crippen LogP contribution is -2.46. The van der Waals surface area contributed by atoms with E-state index < -0.39 is 0 Å². The molecule has 0 saturated heterocycles. The Labute approximate surface area is 154 Å². The van der Waals surface area contributed by atoms with Crippen molar-refractivity contribution in [1.29, 1.82) is 0 Å². The number of nitrogens with zero attached hydrogens (tertiary/aromatic N) is 4. The summed E-state index contributed by atoms with van der Waals surface area (Å²) < 4.78 is 0. The van der Waals surface area contributed by atoms with E-state index in [2.05, 4.69) is 15.5 Å². The summed E-state index contributed by atoms with van der Waals surface area (Å²) in [5, 5.41) is 11.6. The number of aryl methyl sites for hydroxylation is 3. The molecule has 0 spiro atoms. The van der Waals surface area contributed by atoms with Crippen molar-refractivity contribution in [3.05, 3.63) is 40.7 Å². The third-order valence-corrected chi connectivity index (χ3v) is 3.79. The molecule has 0 fully saturated rings. The third-order valence-electron chi connectivity index (χ3n) is 3.79. The molecule has 0 aliphatic heterocycles. The quantitative estimate of drug-likeness (QED) is 0.909. The number of likely N-dealkylation sites (N-methyl/N-ethyl adjacent to an activating group) is 1. The Morgan fingerprint density at radius 3 is 2.38 bits per heavy atom. The highest BCUT2D eigenvalue weighted by molar-refractivity contribution is 5.95. The zero-order chi connectivity index (χ0) is 19.6. The SMILES string of the molecule is Cc1ccc(-n2nc(C)c(C(=O)N(C)CC(=O)NC(C)(C)C)n2)c(C)c1. The number of nitrogens with one attached hydrogen (secondary N) is 1. The van der Waals surface area contributed by atoms with Gasteiger partial charge in [-0.1, -0.05) is 17.7 Å². The van der Waals surface area contributed by atoms with Crippen molar-refractivity contribution in [2.45, 2.75) is 47.1 Å². The van der Waals surface area contributed by atoms with Gasteiger partial charge < -0.3 is 10.2 Å². The van der Waals surface area contributed by atoms with Crippen LogP contribution in [0.15, 0.2) is 18.2 Å². The van der Waals surface area contributed by atoms with Gasteiger partial charge in [0.2, 0.25) is 5.91 Å². The minimum Gasteiger partial charge on any atom is -0.350 e. The third kappa shape index (κ3) is 4.68. The molecule has 0 unspecified atom stereocenters. The van der Waals surface area contributed by atoms with Gasteiger partial charge in [-0.15, -0.1) is 5.10 Å². The Hall–Kier alpha value is -2.70. The molecule has 1 aromatic heterocycles. The van der Waals surface area contributed by atoms with Gasteiger partial charge in [0.1, 0.15) is 0 Å². The second-order valence-electron chi connectivity index (χ2n) is 7.67. The largest absolute Gasteiger partial charge is 0.350 e. The fourth-order valence-corrected chi connectivity index (χ4v) is 2.64. The first-order valence-electron chi connectivity index (χ1n) is 8.56. The van der Waals surface area contributed by atoms with Crippen molar-refractivity contribution in [2.24, 2.45) is 0 Å². The van der Waals surface area contributed by atoms with Crippen molar-refractivity contribution < 1.29 is 9.59 Å². The first-order valence-corrected chi connectivity index (χ1v) is 8.56. The highest BCUT2D eigenvalue weighted by atomic mass is 16.2. The second-order valence-corrected chi connectivity index (χ2v) is 7.67. The molecule has 140 valence electrons. The molecule has 1 heterocycles. The summed E-state index contributed by atoms with van der Waals surface area (Å²) in [5.74, 6) is -0.546. The van der Waals surface area contributed by atoms with Gasteiger partial charge in [-0.2, -0.15) is 9.90 Å². The fourth-order valence-electron chi connectivity index (χ4n) is 2.64. The lowest BCUT2D eigenvalue weighted by atomic mass is 10.1. The summed E-state index contributed by atoms with van der Waals surface area (Å²) >= 11 is 0. The van der Waals surface area contributed by atoms with Crippen LogP contribution < -0.4 is 5.32 Å². The maximum Gasteiger partial charge on any atom is 0.276 e. The number of amides is 2. The fraction of sp³-hybridized carbons (Fsp3) is 0.474. The Bertz CT molecular complexity index is 833. The highest BCUT2D eigenvalue weighted by Gasteiger charge is 2.23. The van der Waals surface area contributed by atoms with Crippen LogP contribution in [0.4, 0.5) is 0 Å². The molecule has 2 amide bonds. The predicted octanol–water partition coefficient (Wildman–Crippen LogP) is 2.18. The number of hydrogen-bond acceptors (Lipinski definition) is 4. The van der Waals surface area contributed by atoms with Crippen LogP contribution in [-0.4, -0.2) is 50.8 Å². The van der Waals surface area contributed by atoms with E-state index in [0.717, 1.165) is 16.8 Å². The van der Waals surface area contributed by atoms with E-state index in [0.29, 0.717) is 5.69 Å². The summed E-state index contributed by atoms with van der Waals surface area (Å²) in [5.41, 5.74) is 3.43. The van der Waals surface area contributed by atoms with Crippen LogP contribution in [0.3, 0.4) is 0 Å². The maximum atomic E-state index is 12.7. The highest BCUT2D eigenvalue weighted by Crippen LogP contribution is 2.16. The van der Waals surface area contributed by atoms with Gasteiger partial charge in [0.25, 0.3) is 5.91 Å². The van der Waals surface area contributed by atoms with E-state index in [1.807, 2.05) is 52.8 Å². The summed E-state index contributed by atoms with van der Waals surface area (Å²) in [6, 6.07) is 5.95. The number of aromatic nitrogens is 3. The molecular weight excluding hydrogens is 330 g/mol. The van der Waals surface area contributed by atoms with E-state index in [4.69, 9.17) is 0 Å². The molecule has 7 nitrogen and oxygen atoms in total. The smallest absolute Gasteiger partial charge is 0.276 e. The minimum atomic E-state index is -0.344. The lowest BCUT2D eigenvalue weighted by molar-refractivity contribution is -0.122. The molecule has 2 rings (SSSR count). The Kier molecular flexibility index (Phi) is 5.49. The first-order chi connectivity index (χ1) is 12.0. The maximum absolute atomic E-state index is 12.7. The van der Waals surface area contributed by atoms with E-state index in [9.17, 15) is 9.59 Å². The number of hydrogen-bond donors (Lipinski definition) is 1. The Morgan fingerprint density at radius 1 is 1.15 bits per heavy atom. The van der Waals surface area contributed by atoms with Crippen LogP contribution in [0.25, 0.3) is 5.69 Å². The van der Waals surface area contributed by atoms with Crippen molar-refractivity contribution >= 4 is 11.8 Å². The molecule has 7 heteroatoms. The average molecular weight is 357 g/mol. The van der Waals surface area contributed by atoms with Gasteiger partial charge in [-0.05, 0) is 53.2 Å². The Morgan fingerprint density at radius 2 is 1.81 bits per heavy atom. The van der Waals surface area contributed by atoms with Gasteiger partial charge in [0.15, 0.2) is 5.69 Å². The topological polar surface area (TPSA) is 80.1 Å². The average Bonchev–Trinajstić information content (AvgIpc) is 2.85. The van der Waals surface area contributed by atoms with Crippen LogP contribution in [0.1, 0.15) is 48.1 Å². The molecule has 0 atom stereocenters. The van der Waals surface area contributed by atoms with E-state index >= 15 is 0 Å². The van der Waals surface area contributed by atoms with Gasteiger partial charge in [0, 0.05) is 12.6 Å². The normalized spacial score (nSPS) is 11.3. The summed E-state index contributed by atoms with van der Waals surface area (Å²) in [4.78, 5) is 27.6. The first kappa shape index (κ1) is 19.6. The molecule has 0 saturated carbocycles. The van der Waals surface area contributed by atoms with Gasteiger partial charge in [-0.3, -0.25) is 9.59 Å². The summed E-state index contributed by atoms with van der Waals surface area (Å²) in [7, 11) is 1.58. The minimum absolute atomic E-state index is 0.0358. The summed E-state index contributed by atoms with van der Waals surface area (Å²) in [6.45, 7) is 11.4. The van der Waals surface area contributed by atoms with Crippen LogP contribution in [-0.2, 0) is 4.79 Å². The van der Waals surface area contributed by atoms with Crippen molar-refractivity contribution in [3.63, 3.8) is 0 Å². The monoisotopic (exact) mass is 357 g/mol. The van der Waals surface area contributed by atoms with E-state index in [1.54, 1.807) is 14.0 Å². The molecular formula is C19H27N5O2. The second kappa shape index (κ2) is 7.27. The molecule has 1 N–H and O–H groups in total. The van der Waals surface area contributed by atoms with Gasteiger partial charge in [-0.25, -0.2) is 0 Å². The zero-order valence-corrected chi connectivity index (χ0v) is 16.5. The molecule has 1 aromatic carbocycles. The number of benzene rings is 1. The van der Waals surface area contributed by atoms with Crippen LogP contribution >= 0.6 is 0 Å². The molecule has 0 aliphatic rings. The van der Waals surface area contributed by atoms with Crippen LogP contribution in [0.5, 0.6) is 0 Å². The van der Waals surface area contributed by atoms with Crippen LogP contribution in [0.2, 0.25) is 0 Å². The molecule has 0 bridgehead atoms. The standard InChI is InChI=1S/C19H27N5O2/c1-12-8-9-15(13(2)10-12)24-21-14(3)17(22-24)18(26)23(7)11-16(25)20-19(4,5)6/h8-10H,11H2,1-7H3,(H,20,25). The van der Waals surface area contributed by atoms with Crippen molar-refractivity contribution in [2.75, 3.05) is 13.6 Å². The zero-order valence-electron chi connectivity index (χ0n) is 16.5. The number of carbonyl (C=O) groups excluding carboxylic acids is 2. The van der Waals surface area contributed by atoms with E-state index in [1.165, 1.54) is 9.70 Å². The Balaban J connectivity index is 2.20. The van der Waals surface area contributed by atoms with Gasteiger partial charge >= 0.3 is 0 Å². The molecule has 0 radical (unpaired) electrons. The predicted molar refractivity (Wildman–Crippen MR) is 100 cm³/mol. The van der Waals surface area contributed by atoms with Crippen LogP contribution in [0, 0.1) is 20.8 Å². The molecule has 2 aromatic rings. The number of rotatable bonds is 4. The van der Waals surface area contributed by atoms with Crippen molar-refractivity contribution in [3.8, 4) is 5.69 Å². The van der Waals surface area contributed by atoms with Gasteiger partial charge in [0.05, 0.1) is 17.9 Å². The number of carbonyl (C=O) groups is 2. The molecule has 0 aliphatic carbocycles.